The van der Waals surface area contributed by atoms with E-state index in [1.165, 1.54) is 12.1 Å². The van der Waals surface area contributed by atoms with Crippen molar-refractivity contribution in [1.29, 1.82) is 0 Å². The first kappa shape index (κ1) is 21.4. The number of benzene rings is 2. The maximum Gasteiger partial charge on any atom is 0.258 e. The van der Waals surface area contributed by atoms with Crippen molar-refractivity contribution in [3.63, 3.8) is 0 Å². The lowest BCUT2D eigenvalue weighted by Crippen LogP contribution is -2.33. The van der Waals surface area contributed by atoms with Crippen LogP contribution in [-0.2, 0) is 21.1 Å². The third kappa shape index (κ3) is 5.63. The summed E-state index contributed by atoms with van der Waals surface area (Å²) in [5.74, 6) is 0.407. The molecule has 0 aliphatic rings. The SMILES string of the molecule is COCCN(CCS(=O)(=O)c1ccc(Cl)cc1)Cc1nc2ccccc2c(=O)[nH]1. The molecule has 0 aliphatic carbocycles. The van der Waals surface area contributed by atoms with Gasteiger partial charge in [0.15, 0.2) is 9.84 Å². The van der Waals surface area contributed by atoms with Gasteiger partial charge >= 0.3 is 0 Å². The molecule has 2 aromatic carbocycles. The van der Waals surface area contributed by atoms with Crippen LogP contribution in [0.15, 0.2) is 58.2 Å². The minimum absolute atomic E-state index is 0.0733. The zero-order valence-corrected chi connectivity index (χ0v) is 17.5. The molecule has 0 radical (unpaired) electrons. The van der Waals surface area contributed by atoms with Crippen LogP contribution in [0, 0.1) is 0 Å². The first-order valence-electron chi connectivity index (χ1n) is 9.06. The van der Waals surface area contributed by atoms with Gasteiger partial charge in [-0.25, -0.2) is 13.4 Å². The number of sulfone groups is 1. The molecule has 0 spiro atoms. The van der Waals surface area contributed by atoms with Crippen LogP contribution in [0.4, 0.5) is 0 Å². The van der Waals surface area contributed by atoms with Gasteiger partial charge in [0.1, 0.15) is 5.82 Å². The number of fused-ring (bicyclic) bond motifs is 1. The van der Waals surface area contributed by atoms with Crippen LogP contribution in [0.25, 0.3) is 10.9 Å². The molecule has 1 N–H and O–H groups in total. The zero-order valence-electron chi connectivity index (χ0n) is 16.0. The average molecular weight is 436 g/mol. The molecular formula is C20H22ClN3O4S. The van der Waals surface area contributed by atoms with E-state index in [-0.39, 0.29) is 22.8 Å². The van der Waals surface area contributed by atoms with Crippen LogP contribution in [0.5, 0.6) is 0 Å². The Morgan fingerprint density at radius 1 is 1.10 bits per heavy atom. The number of halogens is 1. The number of nitrogens with one attached hydrogen (secondary N) is 1. The number of nitrogens with zero attached hydrogens (tertiary/aromatic N) is 2. The van der Waals surface area contributed by atoms with Gasteiger partial charge in [0.25, 0.3) is 5.56 Å². The zero-order chi connectivity index (χ0) is 20.9. The summed E-state index contributed by atoms with van der Waals surface area (Å²) >= 11 is 5.84. The summed E-state index contributed by atoms with van der Waals surface area (Å²) in [5.41, 5.74) is 0.387. The van der Waals surface area contributed by atoms with E-state index < -0.39 is 9.84 Å². The van der Waals surface area contributed by atoms with Gasteiger partial charge in [0.05, 0.1) is 34.7 Å². The average Bonchev–Trinajstić information content (AvgIpc) is 2.70. The molecule has 0 amide bonds. The standard InChI is InChI=1S/C20H22ClN3O4S/c1-28-12-10-24(11-13-29(26,27)16-8-6-15(21)7-9-16)14-19-22-18-5-3-2-4-17(18)20(25)23-19/h2-9H,10-14H2,1H3,(H,22,23,25). The Hall–Kier alpha value is -2.26. The molecule has 0 bridgehead atoms. The number of aromatic nitrogens is 2. The summed E-state index contributed by atoms with van der Waals surface area (Å²) < 4.78 is 30.4. The molecular weight excluding hydrogens is 414 g/mol. The first-order valence-corrected chi connectivity index (χ1v) is 11.1. The molecule has 29 heavy (non-hydrogen) atoms. The van der Waals surface area contributed by atoms with E-state index in [1.807, 2.05) is 11.0 Å². The number of H-pyrrole nitrogens is 1. The van der Waals surface area contributed by atoms with Gasteiger partial charge < -0.3 is 9.72 Å². The van der Waals surface area contributed by atoms with E-state index in [1.54, 1.807) is 37.4 Å². The van der Waals surface area contributed by atoms with E-state index in [0.717, 1.165) is 0 Å². The van der Waals surface area contributed by atoms with E-state index in [0.29, 0.717) is 41.4 Å². The lowest BCUT2D eigenvalue weighted by Gasteiger charge is -2.21. The van der Waals surface area contributed by atoms with Crippen molar-refractivity contribution < 1.29 is 13.2 Å². The Kier molecular flexibility index (Phi) is 7.02. The molecule has 0 unspecified atom stereocenters. The first-order chi connectivity index (χ1) is 13.9. The van der Waals surface area contributed by atoms with Crippen molar-refractivity contribution in [2.24, 2.45) is 0 Å². The van der Waals surface area contributed by atoms with E-state index in [2.05, 4.69) is 9.97 Å². The van der Waals surface area contributed by atoms with Crippen molar-refractivity contribution in [2.45, 2.75) is 11.4 Å². The Morgan fingerprint density at radius 2 is 1.83 bits per heavy atom. The number of para-hydroxylation sites is 1. The fourth-order valence-electron chi connectivity index (χ4n) is 2.92. The van der Waals surface area contributed by atoms with Crippen LogP contribution >= 0.6 is 11.6 Å². The van der Waals surface area contributed by atoms with Gasteiger partial charge in [-0.05, 0) is 36.4 Å². The summed E-state index contributed by atoms with van der Waals surface area (Å²) in [7, 11) is -1.88. The molecule has 1 heterocycles. The second-order valence-electron chi connectivity index (χ2n) is 6.57. The van der Waals surface area contributed by atoms with Gasteiger partial charge in [-0.1, -0.05) is 23.7 Å². The van der Waals surface area contributed by atoms with E-state index in [4.69, 9.17) is 16.3 Å². The summed E-state index contributed by atoms with van der Waals surface area (Å²) in [5, 5.41) is 1.00. The topological polar surface area (TPSA) is 92.4 Å². The van der Waals surface area contributed by atoms with Crippen LogP contribution in [0.2, 0.25) is 5.02 Å². The highest BCUT2D eigenvalue weighted by molar-refractivity contribution is 7.91. The van der Waals surface area contributed by atoms with Gasteiger partial charge in [-0.15, -0.1) is 0 Å². The monoisotopic (exact) mass is 435 g/mol. The van der Waals surface area contributed by atoms with Crippen molar-refractivity contribution in [2.75, 3.05) is 32.6 Å². The maximum absolute atomic E-state index is 12.6. The molecule has 0 aliphatic heterocycles. The van der Waals surface area contributed by atoms with Crippen LogP contribution < -0.4 is 5.56 Å². The Morgan fingerprint density at radius 3 is 2.55 bits per heavy atom. The molecule has 3 aromatic rings. The smallest absolute Gasteiger partial charge is 0.258 e. The molecule has 0 saturated carbocycles. The molecule has 3 rings (SSSR count). The van der Waals surface area contributed by atoms with Crippen molar-refractivity contribution in [3.05, 3.63) is 69.7 Å². The Balaban J connectivity index is 1.76. The third-order valence-corrected chi connectivity index (χ3v) is 6.46. The number of rotatable bonds is 9. The quantitative estimate of drug-likeness (QED) is 0.555. The molecule has 0 fully saturated rings. The fourth-order valence-corrected chi connectivity index (χ4v) is 4.33. The molecule has 154 valence electrons. The molecule has 1 aromatic heterocycles. The number of hydrogen-bond acceptors (Lipinski definition) is 6. The highest BCUT2D eigenvalue weighted by Crippen LogP contribution is 2.16. The minimum atomic E-state index is -3.47. The number of ether oxygens (including phenoxy) is 1. The molecule has 9 heteroatoms. The Labute approximate surface area is 174 Å². The number of hydrogen-bond donors (Lipinski definition) is 1. The summed E-state index contributed by atoms with van der Waals surface area (Å²) in [6, 6.07) is 13.2. The van der Waals surface area contributed by atoms with Crippen LogP contribution in [0.3, 0.4) is 0 Å². The molecule has 0 saturated heterocycles. The van der Waals surface area contributed by atoms with Crippen LogP contribution in [0.1, 0.15) is 5.82 Å². The number of methoxy groups -OCH3 is 1. The van der Waals surface area contributed by atoms with E-state index >= 15 is 0 Å². The highest BCUT2D eigenvalue weighted by atomic mass is 35.5. The fraction of sp³-hybridized carbons (Fsp3) is 0.300. The van der Waals surface area contributed by atoms with E-state index in [9.17, 15) is 13.2 Å². The number of aromatic amines is 1. The second kappa shape index (κ2) is 9.49. The predicted octanol–water partition coefficient (Wildman–Crippen LogP) is 2.50. The van der Waals surface area contributed by atoms with Gasteiger partial charge in [0, 0.05) is 25.2 Å². The highest BCUT2D eigenvalue weighted by Gasteiger charge is 2.17. The molecule has 0 atom stereocenters. The van der Waals surface area contributed by atoms with Gasteiger partial charge in [0.2, 0.25) is 0 Å². The summed E-state index contributed by atoms with van der Waals surface area (Å²) in [6.07, 6.45) is 0. The Bertz CT molecular complexity index is 1130. The normalized spacial score (nSPS) is 12.0. The van der Waals surface area contributed by atoms with Gasteiger partial charge in [-0.2, -0.15) is 0 Å². The summed E-state index contributed by atoms with van der Waals surface area (Å²) in [4.78, 5) is 21.7. The van der Waals surface area contributed by atoms with Crippen molar-refractivity contribution >= 4 is 32.3 Å². The van der Waals surface area contributed by atoms with Gasteiger partial charge in [-0.3, -0.25) is 9.69 Å². The van der Waals surface area contributed by atoms with Crippen LogP contribution in [-0.4, -0.2) is 55.8 Å². The van der Waals surface area contributed by atoms with Crippen molar-refractivity contribution in [3.8, 4) is 0 Å². The largest absolute Gasteiger partial charge is 0.383 e. The second-order valence-corrected chi connectivity index (χ2v) is 9.12. The third-order valence-electron chi connectivity index (χ3n) is 4.50. The lowest BCUT2D eigenvalue weighted by molar-refractivity contribution is 0.146. The summed E-state index contributed by atoms with van der Waals surface area (Å²) in [6.45, 7) is 1.51. The lowest BCUT2D eigenvalue weighted by atomic mass is 10.2. The predicted molar refractivity (Wildman–Crippen MR) is 113 cm³/mol. The molecule has 7 nitrogen and oxygen atoms in total. The maximum atomic E-state index is 12.6. The minimum Gasteiger partial charge on any atom is -0.383 e. The van der Waals surface area contributed by atoms with Crippen molar-refractivity contribution in [1.82, 2.24) is 14.9 Å².